The highest BCUT2D eigenvalue weighted by Gasteiger charge is 2.43. The first-order valence-electron chi connectivity index (χ1n) is 16.0. The number of rotatable bonds is 7. The molecule has 1 aliphatic carbocycles. The average molecular weight is 745 g/mol. The molecular weight excluding hydrogens is 709 g/mol. The van der Waals surface area contributed by atoms with E-state index in [1.807, 2.05) is 41.5 Å². The van der Waals surface area contributed by atoms with Gasteiger partial charge >= 0.3 is 0 Å². The molecule has 7 rings (SSSR count). The summed E-state index contributed by atoms with van der Waals surface area (Å²) in [6.07, 6.45) is 2.13. The molecule has 0 fully saturated rings. The lowest BCUT2D eigenvalue weighted by molar-refractivity contribution is -0.109. The molecule has 0 amide bonds. The van der Waals surface area contributed by atoms with E-state index in [0.29, 0.717) is 62.0 Å². The maximum atomic E-state index is 14.3. The first kappa shape index (κ1) is 34.8. The Bertz CT molecular complexity index is 2760. The molecule has 0 saturated heterocycles. The van der Waals surface area contributed by atoms with Crippen LogP contribution in [0.1, 0.15) is 58.5 Å². The van der Waals surface area contributed by atoms with Gasteiger partial charge in [0.25, 0.3) is 0 Å². The SMILES string of the molecule is CC(C)(C)c1[nH]n2nc(-c3ccc(NS(C)(=O)=O)cc3)nc2c1C1=C(O)/C(=c2/c(C(C)(C)C)nn3nc(-c4ccc(NS(C)(=O)=O)cc4)nc23)C1=O. The van der Waals surface area contributed by atoms with Crippen LogP contribution in [0, 0.1) is 0 Å². The molecule has 18 heteroatoms. The highest BCUT2D eigenvalue weighted by atomic mass is 32.2. The van der Waals surface area contributed by atoms with Crippen molar-refractivity contribution in [2.45, 2.75) is 52.4 Å². The lowest BCUT2D eigenvalue weighted by Gasteiger charge is -2.25. The monoisotopic (exact) mass is 744 g/mol. The minimum atomic E-state index is -3.46. The molecule has 270 valence electrons. The van der Waals surface area contributed by atoms with E-state index in [1.54, 1.807) is 48.5 Å². The molecule has 4 N–H and O–H groups in total. The Morgan fingerprint density at radius 1 is 0.692 bits per heavy atom. The molecule has 2 aromatic carbocycles. The topological polar surface area (TPSA) is 219 Å². The maximum absolute atomic E-state index is 14.3. The van der Waals surface area contributed by atoms with E-state index >= 15 is 0 Å². The Kier molecular flexibility index (Phi) is 7.66. The molecular formula is C34H36N10O6S2. The molecule has 0 unspecified atom stereocenters. The van der Waals surface area contributed by atoms with Crippen LogP contribution in [0.5, 0.6) is 0 Å². The predicted octanol–water partition coefficient (Wildman–Crippen LogP) is 3.59. The predicted molar refractivity (Wildman–Crippen MR) is 197 cm³/mol. The molecule has 0 atom stereocenters. The summed E-state index contributed by atoms with van der Waals surface area (Å²) in [7, 11) is -6.91. The Labute approximate surface area is 298 Å². The number of aromatic amines is 1. The Hall–Kier alpha value is -5.62. The van der Waals surface area contributed by atoms with E-state index in [-0.39, 0.29) is 22.6 Å². The summed E-state index contributed by atoms with van der Waals surface area (Å²) in [6, 6.07) is 13.1. The fourth-order valence-electron chi connectivity index (χ4n) is 6.05. The molecule has 4 aromatic heterocycles. The van der Waals surface area contributed by atoms with Gasteiger partial charge in [-0.1, -0.05) is 41.5 Å². The number of fused-ring (bicyclic) bond motifs is 2. The third kappa shape index (κ3) is 6.17. The first-order chi connectivity index (χ1) is 24.1. The number of anilines is 2. The number of aliphatic hydroxyl groups is 1. The minimum Gasteiger partial charge on any atom is -0.506 e. The summed E-state index contributed by atoms with van der Waals surface area (Å²) in [5.74, 6) is -0.0435. The third-order valence-corrected chi connectivity index (χ3v) is 9.54. The van der Waals surface area contributed by atoms with E-state index in [4.69, 9.17) is 15.1 Å². The van der Waals surface area contributed by atoms with E-state index in [2.05, 4.69) is 24.7 Å². The van der Waals surface area contributed by atoms with Crippen LogP contribution in [0.2, 0.25) is 0 Å². The van der Waals surface area contributed by atoms with Crippen molar-refractivity contribution in [3.63, 3.8) is 0 Å². The third-order valence-electron chi connectivity index (χ3n) is 8.33. The molecule has 0 bridgehead atoms. The zero-order chi connectivity index (χ0) is 37.7. The van der Waals surface area contributed by atoms with Crippen LogP contribution in [0.25, 0.3) is 45.2 Å². The van der Waals surface area contributed by atoms with E-state index in [1.165, 1.54) is 9.26 Å². The number of ketones is 1. The van der Waals surface area contributed by atoms with Crippen molar-refractivity contribution >= 4 is 59.6 Å². The van der Waals surface area contributed by atoms with Crippen LogP contribution >= 0.6 is 0 Å². The van der Waals surface area contributed by atoms with Gasteiger partial charge in [-0.3, -0.25) is 19.3 Å². The summed E-state index contributed by atoms with van der Waals surface area (Å²) in [5, 5.41) is 29.3. The number of carbonyl (C=O) groups is 1. The first-order valence-corrected chi connectivity index (χ1v) is 19.8. The molecule has 52 heavy (non-hydrogen) atoms. The van der Waals surface area contributed by atoms with Gasteiger partial charge in [0.1, 0.15) is 5.76 Å². The number of allylic oxidation sites excluding steroid dienone is 2. The van der Waals surface area contributed by atoms with E-state index in [0.717, 1.165) is 12.5 Å². The van der Waals surface area contributed by atoms with Crippen molar-refractivity contribution in [1.29, 1.82) is 0 Å². The summed E-state index contributed by atoms with van der Waals surface area (Å²) >= 11 is 0. The number of hydrogen-bond acceptors (Lipinski definition) is 11. The lowest BCUT2D eigenvalue weighted by Crippen LogP contribution is -2.32. The van der Waals surface area contributed by atoms with Gasteiger partial charge in [0.15, 0.2) is 22.9 Å². The van der Waals surface area contributed by atoms with Crippen LogP contribution < -0.4 is 14.7 Å². The Morgan fingerprint density at radius 2 is 1.19 bits per heavy atom. The van der Waals surface area contributed by atoms with Crippen molar-refractivity contribution < 1.29 is 26.7 Å². The number of hydrogen-bond donors (Lipinski definition) is 4. The zero-order valence-corrected chi connectivity index (χ0v) is 31.2. The number of nitrogens with zero attached hydrogens (tertiary/aromatic N) is 7. The highest BCUT2D eigenvalue weighted by Crippen LogP contribution is 2.43. The number of carbonyl (C=O) groups excluding carboxylic acids is 1. The zero-order valence-electron chi connectivity index (χ0n) is 29.6. The second kappa shape index (κ2) is 11.4. The van der Waals surface area contributed by atoms with Crippen LogP contribution in [0.4, 0.5) is 11.4 Å². The second-order valence-electron chi connectivity index (χ2n) is 14.8. The number of nitrogens with one attached hydrogen (secondary N) is 3. The summed E-state index contributed by atoms with van der Waals surface area (Å²) < 4.78 is 54.2. The molecule has 6 aromatic rings. The summed E-state index contributed by atoms with van der Waals surface area (Å²) in [4.78, 5) is 23.8. The van der Waals surface area contributed by atoms with Crippen LogP contribution in [-0.4, -0.2) is 79.9 Å². The number of benzene rings is 2. The second-order valence-corrected chi connectivity index (χ2v) is 18.3. The summed E-state index contributed by atoms with van der Waals surface area (Å²) in [6.45, 7) is 11.7. The maximum Gasteiger partial charge on any atom is 0.229 e. The van der Waals surface area contributed by atoms with Gasteiger partial charge in [-0.25, -0.2) is 26.8 Å². The molecule has 16 nitrogen and oxygen atoms in total. The van der Waals surface area contributed by atoms with Crippen LogP contribution in [0.3, 0.4) is 0 Å². The number of aliphatic hydroxyl groups excluding tert-OH is 1. The van der Waals surface area contributed by atoms with Crippen molar-refractivity contribution in [2.75, 3.05) is 22.0 Å². The Balaban J connectivity index is 1.37. The van der Waals surface area contributed by atoms with E-state index in [9.17, 15) is 26.7 Å². The van der Waals surface area contributed by atoms with Crippen LogP contribution in [-0.2, 0) is 35.7 Å². The lowest BCUT2D eigenvalue weighted by atomic mass is 9.77. The van der Waals surface area contributed by atoms with Gasteiger partial charge in [0.05, 0.1) is 45.8 Å². The number of sulfonamides is 2. The highest BCUT2D eigenvalue weighted by molar-refractivity contribution is 7.92. The fraction of sp³-hybridized carbons (Fsp3) is 0.294. The molecule has 0 radical (unpaired) electrons. The number of Topliss-reactive ketones (excluding diaryl/α,β-unsaturated/α-hetero) is 1. The number of H-pyrrole nitrogens is 1. The molecule has 0 spiro atoms. The molecule has 0 aliphatic heterocycles. The largest absolute Gasteiger partial charge is 0.506 e. The standard InChI is InChI=1S/C34H36N10O6S2/c1-33(2,3)27-23(31-35-29(39-43(31)37-27)17-9-13-19(14-10-17)41-51(7,47)48)21-25(45)22(26(21)46)24-28(34(4,5)6)38-44-32(24)36-30(40-44)18-11-15-20(16-12-18)42-52(8,49)50/h9-16,37,41-42,45H,1-8H3/b24-22+. The van der Waals surface area contributed by atoms with Gasteiger partial charge in [-0.05, 0) is 48.5 Å². The number of aromatic nitrogens is 8. The van der Waals surface area contributed by atoms with Gasteiger partial charge < -0.3 is 5.11 Å². The average Bonchev–Trinajstić information content (AvgIpc) is 3.77. The van der Waals surface area contributed by atoms with Gasteiger partial charge in [-0.2, -0.15) is 9.73 Å². The molecule has 4 heterocycles. The van der Waals surface area contributed by atoms with E-state index < -0.39 is 36.7 Å². The van der Waals surface area contributed by atoms with Gasteiger partial charge in [0.2, 0.25) is 25.8 Å². The van der Waals surface area contributed by atoms with Gasteiger partial charge in [-0.15, -0.1) is 14.8 Å². The van der Waals surface area contributed by atoms with Crippen molar-refractivity contribution in [2.24, 2.45) is 0 Å². The van der Waals surface area contributed by atoms with Gasteiger partial charge in [0, 0.05) is 33.3 Å². The van der Waals surface area contributed by atoms with Crippen molar-refractivity contribution in [3.8, 4) is 22.8 Å². The minimum absolute atomic E-state index is 0.0574. The smallest absolute Gasteiger partial charge is 0.229 e. The van der Waals surface area contributed by atoms with Crippen molar-refractivity contribution in [1.82, 2.24) is 39.6 Å². The van der Waals surface area contributed by atoms with Crippen molar-refractivity contribution in [3.05, 3.63) is 76.5 Å². The normalized spacial score (nSPS) is 15.5. The quantitative estimate of drug-likeness (QED) is 0.185. The molecule has 1 aliphatic rings. The van der Waals surface area contributed by atoms with Crippen LogP contribution in [0.15, 0.2) is 54.3 Å². The Morgan fingerprint density at radius 3 is 1.65 bits per heavy atom. The molecule has 0 saturated carbocycles. The summed E-state index contributed by atoms with van der Waals surface area (Å²) in [5.41, 5.74) is 3.18. The fourth-order valence-corrected chi connectivity index (χ4v) is 7.18.